The van der Waals surface area contributed by atoms with Gasteiger partial charge in [0.15, 0.2) is 0 Å². The molecule has 4 heteroatoms. The molecule has 1 aromatic carbocycles. The van der Waals surface area contributed by atoms with Crippen LogP contribution in [0, 0.1) is 0 Å². The SMILES string of the molecule is COc1cccc(OCc2occc2CNC(C)C)c1. The Morgan fingerprint density at radius 2 is 2.00 bits per heavy atom. The van der Waals surface area contributed by atoms with Gasteiger partial charge in [-0.25, -0.2) is 0 Å². The fraction of sp³-hybridized carbons (Fsp3) is 0.375. The van der Waals surface area contributed by atoms with Crippen LogP contribution in [0.15, 0.2) is 41.0 Å². The molecule has 0 spiro atoms. The van der Waals surface area contributed by atoms with E-state index in [9.17, 15) is 0 Å². The highest BCUT2D eigenvalue weighted by Crippen LogP contribution is 2.21. The normalized spacial score (nSPS) is 10.8. The number of benzene rings is 1. The topological polar surface area (TPSA) is 43.6 Å². The Kier molecular flexibility index (Phi) is 5.07. The smallest absolute Gasteiger partial charge is 0.146 e. The predicted molar refractivity (Wildman–Crippen MR) is 78.0 cm³/mol. The molecule has 0 amide bonds. The lowest BCUT2D eigenvalue weighted by Gasteiger charge is -2.09. The van der Waals surface area contributed by atoms with Crippen molar-refractivity contribution < 1.29 is 13.9 Å². The lowest BCUT2D eigenvalue weighted by atomic mass is 10.2. The summed E-state index contributed by atoms with van der Waals surface area (Å²) in [7, 11) is 1.64. The van der Waals surface area contributed by atoms with Gasteiger partial charge in [-0.15, -0.1) is 0 Å². The van der Waals surface area contributed by atoms with Crippen LogP contribution in [0.25, 0.3) is 0 Å². The van der Waals surface area contributed by atoms with Gasteiger partial charge >= 0.3 is 0 Å². The van der Waals surface area contributed by atoms with Gasteiger partial charge in [-0.2, -0.15) is 0 Å². The molecule has 0 aliphatic carbocycles. The van der Waals surface area contributed by atoms with E-state index in [0.29, 0.717) is 12.6 Å². The van der Waals surface area contributed by atoms with E-state index in [0.717, 1.165) is 29.4 Å². The first-order valence-electron chi connectivity index (χ1n) is 6.74. The number of furan rings is 1. The third kappa shape index (κ3) is 4.03. The number of methoxy groups -OCH3 is 1. The highest BCUT2D eigenvalue weighted by molar-refractivity contribution is 5.33. The van der Waals surface area contributed by atoms with E-state index < -0.39 is 0 Å². The van der Waals surface area contributed by atoms with Gasteiger partial charge in [-0.3, -0.25) is 0 Å². The third-order valence-corrected chi connectivity index (χ3v) is 2.95. The first-order chi connectivity index (χ1) is 9.69. The zero-order valence-corrected chi connectivity index (χ0v) is 12.2. The fourth-order valence-electron chi connectivity index (χ4n) is 1.81. The number of hydrogen-bond acceptors (Lipinski definition) is 4. The second-order valence-electron chi connectivity index (χ2n) is 4.87. The van der Waals surface area contributed by atoms with Crippen molar-refractivity contribution in [2.24, 2.45) is 0 Å². The van der Waals surface area contributed by atoms with Crippen LogP contribution in [-0.2, 0) is 13.2 Å². The summed E-state index contributed by atoms with van der Waals surface area (Å²) in [5.41, 5.74) is 1.13. The first kappa shape index (κ1) is 14.5. The highest BCUT2D eigenvalue weighted by Gasteiger charge is 2.08. The Labute approximate surface area is 119 Å². The molecule has 2 aromatic rings. The molecule has 0 atom stereocenters. The molecule has 20 heavy (non-hydrogen) atoms. The number of ether oxygens (including phenoxy) is 2. The van der Waals surface area contributed by atoms with E-state index in [4.69, 9.17) is 13.9 Å². The van der Waals surface area contributed by atoms with E-state index in [1.807, 2.05) is 30.3 Å². The molecular weight excluding hydrogens is 254 g/mol. The van der Waals surface area contributed by atoms with Crippen molar-refractivity contribution >= 4 is 0 Å². The summed E-state index contributed by atoms with van der Waals surface area (Å²) in [5, 5.41) is 3.37. The molecule has 0 aliphatic heterocycles. The Bertz CT molecular complexity index is 534. The molecule has 0 aliphatic rings. The van der Waals surface area contributed by atoms with Gasteiger partial charge in [0, 0.05) is 24.2 Å². The average Bonchev–Trinajstić information content (AvgIpc) is 2.90. The van der Waals surface area contributed by atoms with Crippen LogP contribution in [0.3, 0.4) is 0 Å². The van der Waals surface area contributed by atoms with E-state index in [2.05, 4.69) is 19.2 Å². The summed E-state index contributed by atoms with van der Waals surface area (Å²) < 4.78 is 16.4. The highest BCUT2D eigenvalue weighted by atomic mass is 16.5. The minimum Gasteiger partial charge on any atom is -0.497 e. The quantitative estimate of drug-likeness (QED) is 0.841. The maximum Gasteiger partial charge on any atom is 0.146 e. The summed E-state index contributed by atoms with van der Waals surface area (Å²) in [6.45, 7) is 5.43. The number of hydrogen-bond donors (Lipinski definition) is 1. The van der Waals surface area contributed by atoms with Gasteiger partial charge in [0.25, 0.3) is 0 Å². The summed E-state index contributed by atoms with van der Waals surface area (Å²) in [4.78, 5) is 0. The first-order valence-corrected chi connectivity index (χ1v) is 6.74. The molecule has 0 radical (unpaired) electrons. The average molecular weight is 275 g/mol. The Hall–Kier alpha value is -1.94. The van der Waals surface area contributed by atoms with E-state index in [1.54, 1.807) is 13.4 Å². The Morgan fingerprint density at radius 1 is 1.20 bits per heavy atom. The largest absolute Gasteiger partial charge is 0.497 e. The number of nitrogens with one attached hydrogen (secondary N) is 1. The van der Waals surface area contributed by atoms with E-state index in [-0.39, 0.29) is 0 Å². The van der Waals surface area contributed by atoms with Gasteiger partial charge in [0.05, 0.1) is 13.4 Å². The minimum absolute atomic E-state index is 0.412. The zero-order chi connectivity index (χ0) is 14.4. The van der Waals surface area contributed by atoms with Crippen molar-refractivity contribution in [3.05, 3.63) is 47.9 Å². The van der Waals surface area contributed by atoms with Crippen molar-refractivity contribution in [3.8, 4) is 11.5 Å². The van der Waals surface area contributed by atoms with Crippen LogP contribution in [0.2, 0.25) is 0 Å². The lowest BCUT2D eigenvalue weighted by Crippen LogP contribution is -2.22. The zero-order valence-electron chi connectivity index (χ0n) is 12.2. The minimum atomic E-state index is 0.412. The molecule has 1 heterocycles. The van der Waals surface area contributed by atoms with Gasteiger partial charge in [-0.05, 0) is 18.2 Å². The lowest BCUT2D eigenvalue weighted by molar-refractivity contribution is 0.266. The molecule has 108 valence electrons. The van der Waals surface area contributed by atoms with Crippen LogP contribution in [0.4, 0.5) is 0 Å². The summed E-state index contributed by atoms with van der Waals surface area (Å²) in [5.74, 6) is 2.40. The van der Waals surface area contributed by atoms with Crippen LogP contribution < -0.4 is 14.8 Å². The molecule has 2 rings (SSSR count). The van der Waals surface area contributed by atoms with Crippen molar-refractivity contribution in [3.63, 3.8) is 0 Å². The monoisotopic (exact) mass is 275 g/mol. The second kappa shape index (κ2) is 7.01. The van der Waals surface area contributed by atoms with Gasteiger partial charge in [0.1, 0.15) is 23.9 Å². The van der Waals surface area contributed by atoms with Crippen molar-refractivity contribution in [2.45, 2.75) is 33.0 Å². The molecule has 0 fully saturated rings. The van der Waals surface area contributed by atoms with Crippen LogP contribution in [0.1, 0.15) is 25.2 Å². The maximum absolute atomic E-state index is 5.74. The maximum atomic E-state index is 5.74. The van der Waals surface area contributed by atoms with Crippen molar-refractivity contribution in [1.29, 1.82) is 0 Å². The Morgan fingerprint density at radius 3 is 2.75 bits per heavy atom. The van der Waals surface area contributed by atoms with Gasteiger partial charge in [0.2, 0.25) is 0 Å². The Balaban J connectivity index is 1.95. The summed E-state index contributed by atoms with van der Waals surface area (Å²) >= 11 is 0. The van der Waals surface area contributed by atoms with E-state index in [1.165, 1.54) is 0 Å². The molecule has 1 aromatic heterocycles. The summed E-state index contributed by atoms with van der Waals surface area (Å²) in [6.07, 6.45) is 1.70. The third-order valence-electron chi connectivity index (χ3n) is 2.95. The molecule has 0 saturated heterocycles. The molecular formula is C16H21NO3. The number of rotatable bonds is 7. The standard InChI is InChI=1S/C16H21NO3/c1-12(2)17-10-13-7-8-19-16(13)11-20-15-6-4-5-14(9-15)18-3/h4-9,12,17H,10-11H2,1-3H3. The van der Waals surface area contributed by atoms with Crippen LogP contribution in [0.5, 0.6) is 11.5 Å². The molecule has 0 bridgehead atoms. The van der Waals surface area contributed by atoms with Crippen molar-refractivity contribution in [2.75, 3.05) is 7.11 Å². The van der Waals surface area contributed by atoms with Gasteiger partial charge < -0.3 is 19.2 Å². The van der Waals surface area contributed by atoms with Gasteiger partial charge in [-0.1, -0.05) is 19.9 Å². The summed E-state index contributed by atoms with van der Waals surface area (Å²) in [6, 6.07) is 9.96. The molecule has 0 saturated carbocycles. The van der Waals surface area contributed by atoms with Crippen molar-refractivity contribution in [1.82, 2.24) is 5.32 Å². The van der Waals surface area contributed by atoms with Crippen LogP contribution in [-0.4, -0.2) is 13.2 Å². The molecule has 1 N–H and O–H groups in total. The predicted octanol–water partition coefficient (Wildman–Crippen LogP) is 3.37. The van der Waals surface area contributed by atoms with Crippen LogP contribution >= 0.6 is 0 Å². The van der Waals surface area contributed by atoms with E-state index >= 15 is 0 Å². The fourth-order valence-corrected chi connectivity index (χ4v) is 1.81. The second-order valence-corrected chi connectivity index (χ2v) is 4.87. The molecule has 4 nitrogen and oxygen atoms in total. The molecule has 0 unspecified atom stereocenters.